The summed E-state index contributed by atoms with van der Waals surface area (Å²) in [6, 6.07) is -0.0724. The molecule has 1 amide bonds. The fourth-order valence-electron chi connectivity index (χ4n) is 2.80. The lowest BCUT2D eigenvalue weighted by Gasteiger charge is -2.35. The standard InChI is InChI=1S/C12H22N2O3/c1-5-12(4,10(13)15)9-8-7(6-14-9)16-11(2,3)17-8/h7-9,14H,5-6H2,1-4H3,(H2,13,15). The SMILES string of the molecule is CCC(C)(C(N)=O)C1NCC2OC(C)(C)OC21. The van der Waals surface area contributed by atoms with E-state index < -0.39 is 11.2 Å². The normalized spacial score (nSPS) is 38.7. The minimum Gasteiger partial charge on any atom is -0.369 e. The molecule has 98 valence electrons. The molecule has 0 radical (unpaired) electrons. The molecular formula is C12H22N2O3. The number of hydrogen-bond acceptors (Lipinski definition) is 4. The third-order valence-corrected chi connectivity index (χ3v) is 4.07. The van der Waals surface area contributed by atoms with Gasteiger partial charge in [-0.05, 0) is 27.2 Å². The Bertz CT molecular complexity index is 332. The van der Waals surface area contributed by atoms with Crippen LogP contribution in [-0.4, -0.2) is 36.5 Å². The maximum atomic E-state index is 11.7. The second-order valence-electron chi connectivity index (χ2n) is 5.66. The lowest BCUT2D eigenvalue weighted by atomic mass is 9.77. The molecule has 0 aromatic carbocycles. The predicted octanol–water partition coefficient (Wildman–Crippen LogP) is 0.380. The lowest BCUT2D eigenvalue weighted by molar-refractivity contribution is -0.159. The summed E-state index contributed by atoms with van der Waals surface area (Å²) in [5, 5.41) is 3.32. The number of primary amides is 1. The zero-order valence-corrected chi connectivity index (χ0v) is 10.9. The summed E-state index contributed by atoms with van der Waals surface area (Å²) in [4.78, 5) is 11.7. The van der Waals surface area contributed by atoms with Crippen LogP contribution in [0, 0.1) is 5.41 Å². The van der Waals surface area contributed by atoms with Crippen molar-refractivity contribution in [3.05, 3.63) is 0 Å². The van der Waals surface area contributed by atoms with Crippen LogP contribution in [0.4, 0.5) is 0 Å². The van der Waals surface area contributed by atoms with E-state index >= 15 is 0 Å². The van der Waals surface area contributed by atoms with Crippen LogP contribution in [0.25, 0.3) is 0 Å². The van der Waals surface area contributed by atoms with Crippen LogP contribution in [0.15, 0.2) is 0 Å². The fraction of sp³-hybridized carbons (Fsp3) is 0.917. The molecular weight excluding hydrogens is 220 g/mol. The quantitative estimate of drug-likeness (QED) is 0.750. The summed E-state index contributed by atoms with van der Waals surface area (Å²) >= 11 is 0. The largest absolute Gasteiger partial charge is 0.369 e. The van der Waals surface area contributed by atoms with Gasteiger partial charge in [0.1, 0.15) is 12.2 Å². The third kappa shape index (κ3) is 1.96. The first-order valence-corrected chi connectivity index (χ1v) is 6.19. The van der Waals surface area contributed by atoms with E-state index in [2.05, 4.69) is 5.32 Å². The van der Waals surface area contributed by atoms with E-state index in [1.165, 1.54) is 0 Å². The van der Waals surface area contributed by atoms with Gasteiger partial charge in [0.05, 0.1) is 11.5 Å². The molecule has 0 spiro atoms. The average molecular weight is 242 g/mol. The summed E-state index contributed by atoms with van der Waals surface area (Å²) in [5.74, 6) is -0.853. The number of nitrogens with one attached hydrogen (secondary N) is 1. The van der Waals surface area contributed by atoms with E-state index in [1.807, 2.05) is 27.7 Å². The molecule has 2 fully saturated rings. The summed E-state index contributed by atoms with van der Waals surface area (Å²) in [7, 11) is 0. The maximum absolute atomic E-state index is 11.7. The fourth-order valence-corrected chi connectivity index (χ4v) is 2.80. The van der Waals surface area contributed by atoms with Gasteiger partial charge in [-0.15, -0.1) is 0 Å². The van der Waals surface area contributed by atoms with Crippen molar-refractivity contribution in [3.8, 4) is 0 Å². The van der Waals surface area contributed by atoms with Crippen molar-refractivity contribution in [2.24, 2.45) is 11.1 Å². The minimum absolute atomic E-state index is 0.0141. The van der Waals surface area contributed by atoms with E-state index in [9.17, 15) is 4.79 Å². The highest BCUT2D eigenvalue weighted by Crippen LogP contribution is 2.40. The van der Waals surface area contributed by atoms with Gasteiger partial charge in [-0.2, -0.15) is 0 Å². The van der Waals surface area contributed by atoms with Gasteiger partial charge in [0.2, 0.25) is 5.91 Å². The Morgan fingerprint density at radius 2 is 2.18 bits per heavy atom. The number of ether oxygens (including phenoxy) is 2. The van der Waals surface area contributed by atoms with E-state index in [4.69, 9.17) is 15.2 Å². The first-order chi connectivity index (χ1) is 7.80. The molecule has 2 heterocycles. The van der Waals surface area contributed by atoms with Crippen LogP contribution in [0.2, 0.25) is 0 Å². The van der Waals surface area contributed by atoms with E-state index in [-0.39, 0.29) is 24.2 Å². The van der Waals surface area contributed by atoms with Crippen molar-refractivity contribution in [2.45, 2.75) is 58.2 Å². The smallest absolute Gasteiger partial charge is 0.225 e. The number of nitrogens with two attached hydrogens (primary N) is 1. The number of fused-ring (bicyclic) bond motifs is 1. The van der Waals surface area contributed by atoms with Crippen molar-refractivity contribution in [2.75, 3.05) is 6.54 Å². The van der Waals surface area contributed by atoms with E-state index in [0.717, 1.165) is 0 Å². The molecule has 0 aliphatic carbocycles. The van der Waals surface area contributed by atoms with Gasteiger partial charge >= 0.3 is 0 Å². The van der Waals surface area contributed by atoms with Crippen LogP contribution >= 0.6 is 0 Å². The zero-order chi connectivity index (χ0) is 12.8. The van der Waals surface area contributed by atoms with Crippen molar-refractivity contribution in [1.29, 1.82) is 0 Å². The molecule has 4 atom stereocenters. The Kier molecular flexibility index (Phi) is 2.96. The third-order valence-electron chi connectivity index (χ3n) is 4.07. The molecule has 5 heteroatoms. The second-order valence-corrected chi connectivity index (χ2v) is 5.66. The van der Waals surface area contributed by atoms with Crippen molar-refractivity contribution in [1.82, 2.24) is 5.32 Å². The minimum atomic E-state index is -0.594. The first-order valence-electron chi connectivity index (χ1n) is 6.19. The first kappa shape index (κ1) is 12.8. The van der Waals surface area contributed by atoms with Gasteiger partial charge < -0.3 is 20.5 Å². The highest BCUT2D eigenvalue weighted by Gasteiger charge is 2.55. The highest BCUT2D eigenvalue weighted by atomic mass is 16.8. The number of rotatable bonds is 3. The topological polar surface area (TPSA) is 73.6 Å². The van der Waals surface area contributed by atoms with Crippen LogP contribution in [0.5, 0.6) is 0 Å². The van der Waals surface area contributed by atoms with Gasteiger partial charge in [-0.3, -0.25) is 4.79 Å². The molecule has 0 saturated carbocycles. The Morgan fingerprint density at radius 1 is 1.53 bits per heavy atom. The summed E-state index contributed by atoms with van der Waals surface area (Å²) < 4.78 is 11.7. The van der Waals surface area contributed by atoms with Gasteiger partial charge in [-0.25, -0.2) is 0 Å². The molecule has 0 aromatic rings. The highest BCUT2D eigenvalue weighted by molar-refractivity contribution is 5.81. The van der Waals surface area contributed by atoms with Crippen LogP contribution in [-0.2, 0) is 14.3 Å². The van der Waals surface area contributed by atoms with Gasteiger partial charge in [0.15, 0.2) is 5.79 Å². The number of carbonyl (C=O) groups is 1. The molecule has 2 rings (SSSR count). The predicted molar refractivity (Wildman–Crippen MR) is 63.2 cm³/mol. The Hall–Kier alpha value is -0.650. The summed E-state index contributed by atoms with van der Waals surface area (Å²) in [6.45, 7) is 8.37. The molecule has 0 bridgehead atoms. The van der Waals surface area contributed by atoms with Gasteiger partial charge in [0.25, 0.3) is 0 Å². The van der Waals surface area contributed by atoms with E-state index in [1.54, 1.807) is 0 Å². The number of carbonyl (C=O) groups excluding carboxylic acids is 1. The lowest BCUT2D eigenvalue weighted by Crippen LogP contribution is -2.53. The Labute approximate surface area is 102 Å². The summed E-state index contributed by atoms with van der Waals surface area (Å²) in [6.07, 6.45) is 0.607. The van der Waals surface area contributed by atoms with Crippen LogP contribution < -0.4 is 11.1 Å². The second kappa shape index (κ2) is 3.93. The Morgan fingerprint density at radius 3 is 2.71 bits per heavy atom. The number of amides is 1. The van der Waals surface area contributed by atoms with E-state index in [0.29, 0.717) is 13.0 Å². The van der Waals surface area contributed by atoms with Crippen LogP contribution in [0.3, 0.4) is 0 Å². The molecule has 2 aliphatic rings. The number of hydrogen-bond donors (Lipinski definition) is 2. The zero-order valence-electron chi connectivity index (χ0n) is 10.9. The molecule has 2 saturated heterocycles. The van der Waals surface area contributed by atoms with Crippen molar-refractivity contribution < 1.29 is 14.3 Å². The molecule has 5 nitrogen and oxygen atoms in total. The van der Waals surface area contributed by atoms with Gasteiger partial charge in [-0.1, -0.05) is 6.92 Å². The molecule has 0 aromatic heterocycles. The monoisotopic (exact) mass is 242 g/mol. The maximum Gasteiger partial charge on any atom is 0.225 e. The van der Waals surface area contributed by atoms with Crippen molar-refractivity contribution >= 4 is 5.91 Å². The van der Waals surface area contributed by atoms with Gasteiger partial charge in [0, 0.05) is 6.54 Å². The molecule has 4 unspecified atom stereocenters. The molecule has 2 aliphatic heterocycles. The van der Waals surface area contributed by atoms with Crippen LogP contribution in [0.1, 0.15) is 34.1 Å². The molecule has 17 heavy (non-hydrogen) atoms. The average Bonchev–Trinajstić information content (AvgIpc) is 2.71. The Balaban J connectivity index is 2.21. The molecule has 3 N–H and O–H groups in total. The summed E-state index contributed by atoms with van der Waals surface area (Å²) in [5.41, 5.74) is 4.94. The van der Waals surface area contributed by atoms with Crippen molar-refractivity contribution in [3.63, 3.8) is 0 Å².